The maximum absolute atomic E-state index is 13.6. The summed E-state index contributed by atoms with van der Waals surface area (Å²) >= 11 is 0. The van der Waals surface area contributed by atoms with Crippen LogP contribution in [0.1, 0.15) is 48.3 Å². The van der Waals surface area contributed by atoms with E-state index in [0.29, 0.717) is 32.0 Å². The van der Waals surface area contributed by atoms with E-state index in [0.717, 1.165) is 43.3 Å². The number of cyclic esters (lactones) is 1. The lowest BCUT2D eigenvalue weighted by Gasteiger charge is -2.26. The third kappa shape index (κ3) is 6.74. The maximum atomic E-state index is 13.6. The molecule has 0 unspecified atom stereocenters. The molecule has 4 rings (SSSR count). The van der Waals surface area contributed by atoms with E-state index in [4.69, 9.17) is 4.74 Å². The summed E-state index contributed by atoms with van der Waals surface area (Å²) in [6.07, 6.45) is -0.794. The highest BCUT2D eigenvalue weighted by Crippen LogP contribution is 2.44. The minimum absolute atomic E-state index is 0.0994. The number of hydrogen-bond donors (Lipinski definition) is 2. The average Bonchev–Trinajstić information content (AvgIpc) is 3.63. The van der Waals surface area contributed by atoms with Crippen molar-refractivity contribution in [3.8, 4) is 0 Å². The second-order valence-corrected chi connectivity index (χ2v) is 9.25. The third-order valence-electron chi connectivity index (χ3n) is 5.93. The highest BCUT2D eigenvalue weighted by molar-refractivity contribution is 5.68. The first-order chi connectivity index (χ1) is 16.7. The number of rotatable bonds is 10. The number of nitrogens with one attached hydrogen (secondary N) is 2. The van der Waals surface area contributed by atoms with Crippen LogP contribution in [0.15, 0.2) is 24.4 Å². The van der Waals surface area contributed by atoms with Crippen LogP contribution in [0.25, 0.3) is 0 Å². The lowest BCUT2D eigenvalue weighted by Crippen LogP contribution is -2.38. The van der Waals surface area contributed by atoms with E-state index in [2.05, 4.69) is 31.6 Å². The Hall–Kier alpha value is -3.08. The molecule has 190 valence electrons. The van der Waals surface area contributed by atoms with Crippen molar-refractivity contribution in [3.05, 3.63) is 41.1 Å². The average molecular weight is 493 g/mol. The van der Waals surface area contributed by atoms with Gasteiger partial charge in [-0.05, 0) is 62.9 Å². The molecule has 2 fully saturated rings. The van der Waals surface area contributed by atoms with Crippen molar-refractivity contribution in [1.82, 2.24) is 19.8 Å². The number of alkyl halides is 3. The molecule has 8 nitrogen and oxygen atoms in total. The number of hydrogen-bond acceptors (Lipinski definition) is 7. The van der Waals surface area contributed by atoms with Crippen molar-refractivity contribution in [2.45, 2.75) is 44.3 Å². The van der Waals surface area contributed by atoms with E-state index in [1.54, 1.807) is 4.90 Å². The first-order valence-corrected chi connectivity index (χ1v) is 11.8. The number of ether oxygens (including phenoxy) is 1. The Labute approximate surface area is 202 Å². The lowest BCUT2D eigenvalue weighted by atomic mass is 10.0. The highest BCUT2D eigenvalue weighted by atomic mass is 19.4. The van der Waals surface area contributed by atoms with Gasteiger partial charge in [0.15, 0.2) is 0 Å². The Kier molecular flexibility index (Phi) is 7.63. The van der Waals surface area contributed by atoms with Gasteiger partial charge in [0.2, 0.25) is 5.95 Å². The molecule has 1 aromatic heterocycles. The van der Waals surface area contributed by atoms with Crippen LogP contribution in [-0.2, 0) is 17.5 Å². The summed E-state index contributed by atoms with van der Waals surface area (Å²) in [4.78, 5) is 23.5. The number of aromatic nitrogens is 2. The molecule has 0 spiro atoms. The first kappa shape index (κ1) is 25.0. The fraction of sp³-hybridized carbons (Fsp3) is 0.542. The molecule has 1 aliphatic heterocycles. The van der Waals surface area contributed by atoms with Gasteiger partial charge in [-0.3, -0.25) is 0 Å². The second-order valence-electron chi connectivity index (χ2n) is 9.25. The van der Waals surface area contributed by atoms with E-state index in [-0.39, 0.29) is 24.4 Å². The quantitative estimate of drug-likeness (QED) is 0.460. The number of carbonyl (C=O) groups excluding carboxylic acids is 1. The molecular formula is C24H31F3N6O2. The number of halogens is 3. The van der Waals surface area contributed by atoms with Crippen LogP contribution in [-0.4, -0.2) is 66.2 Å². The number of amides is 1. The van der Waals surface area contributed by atoms with Crippen molar-refractivity contribution in [1.29, 1.82) is 0 Å². The minimum atomic E-state index is -4.59. The van der Waals surface area contributed by atoms with Crippen LogP contribution in [0, 0.1) is 0 Å². The molecule has 2 N–H and O–H groups in total. The van der Waals surface area contributed by atoms with E-state index in [9.17, 15) is 18.0 Å². The monoisotopic (exact) mass is 492 g/mol. The fourth-order valence-corrected chi connectivity index (χ4v) is 4.10. The van der Waals surface area contributed by atoms with Gasteiger partial charge >= 0.3 is 12.3 Å². The summed E-state index contributed by atoms with van der Waals surface area (Å²) in [5.41, 5.74) is 2.19. The molecule has 1 aliphatic carbocycles. The number of benzene rings is 1. The predicted octanol–water partition coefficient (Wildman–Crippen LogP) is 4.82. The zero-order valence-electron chi connectivity index (χ0n) is 20.0. The molecule has 1 saturated heterocycles. The smallest absolute Gasteiger partial charge is 0.421 e. The first-order valence-electron chi connectivity index (χ1n) is 11.8. The van der Waals surface area contributed by atoms with Gasteiger partial charge in [-0.2, -0.15) is 18.2 Å². The summed E-state index contributed by atoms with van der Waals surface area (Å²) in [5, 5.41) is 5.91. The predicted molar refractivity (Wildman–Crippen MR) is 127 cm³/mol. The molecule has 0 atom stereocenters. The van der Waals surface area contributed by atoms with Crippen molar-refractivity contribution in [3.63, 3.8) is 0 Å². The lowest BCUT2D eigenvalue weighted by molar-refractivity contribution is -0.137. The molecular weight excluding hydrogens is 461 g/mol. The van der Waals surface area contributed by atoms with Gasteiger partial charge in [0, 0.05) is 38.1 Å². The fourth-order valence-electron chi connectivity index (χ4n) is 4.10. The SMILES string of the molecule is CN(C)Cc1ccc(Nc2ncc(C(F)(F)F)c(NCCCN3CCCOC3=O)n2)c(C2CC2)c1. The van der Waals surface area contributed by atoms with Crippen LogP contribution in [0.5, 0.6) is 0 Å². The highest BCUT2D eigenvalue weighted by Gasteiger charge is 2.35. The summed E-state index contributed by atoms with van der Waals surface area (Å²) in [7, 11) is 4.01. The Morgan fingerprint density at radius 2 is 2.06 bits per heavy atom. The van der Waals surface area contributed by atoms with Crippen LogP contribution in [0.4, 0.5) is 35.4 Å². The largest absolute Gasteiger partial charge is 0.449 e. The summed E-state index contributed by atoms with van der Waals surface area (Å²) in [5.74, 6) is 0.254. The van der Waals surface area contributed by atoms with Gasteiger partial charge in [0.1, 0.15) is 11.4 Å². The Morgan fingerprint density at radius 1 is 1.26 bits per heavy atom. The van der Waals surface area contributed by atoms with Crippen molar-refractivity contribution < 1.29 is 22.7 Å². The van der Waals surface area contributed by atoms with Gasteiger partial charge < -0.3 is 25.2 Å². The molecule has 2 aliphatic rings. The number of anilines is 3. The van der Waals surface area contributed by atoms with Gasteiger partial charge in [-0.15, -0.1) is 0 Å². The van der Waals surface area contributed by atoms with Gasteiger partial charge in [0.25, 0.3) is 0 Å². The molecule has 1 aromatic carbocycles. The van der Waals surface area contributed by atoms with Crippen LogP contribution < -0.4 is 10.6 Å². The summed E-state index contributed by atoms with van der Waals surface area (Å²) in [6.45, 7) is 2.41. The Bertz CT molecular complexity index is 1040. The van der Waals surface area contributed by atoms with E-state index < -0.39 is 11.7 Å². The van der Waals surface area contributed by atoms with Crippen molar-refractivity contribution >= 4 is 23.5 Å². The molecule has 0 radical (unpaired) electrons. The Morgan fingerprint density at radius 3 is 2.74 bits per heavy atom. The zero-order valence-corrected chi connectivity index (χ0v) is 20.0. The van der Waals surface area contributed by atoms with Gasteiger partial charge in [0.05, 0.1) is 6.61 Å². The summed E-state index contributed by atoms with van der Waals surface area (Å²) in [6, 6.07) is 6.09. The molecule has 35 heavy (non-hydrogen) atoms. The zero-order chi connectivity index (χ0) is 25.0. The maximum Gasteiger partial charge on any atom is 0.421 e. The molecule has 2 aromatic rings. The van der Waals surface area contributed by atoms with Crippen molar-refractivity contribution in [2.24, 2.45) is 0 Å². The van der Waals surface area contributed by atoms with Crippen LogP contribution in [0.2, 0.25) is 0 Å². The normalized spacial score (nSPS) is 16.4. The van der Waals surface area contributed by atoms with Gasteiger partial charge in [-0.1, -0.05) is 12.1 Å². The van der Waals surface area contributed by atoms with Crippen LogP contribution >= 0.6 is 0 Å². The number of nitrogens with zero attached hydrogens (tertiary/aromatic N) is 4. The molecule has 1 amide bonds. The number of carbonyl (C=O) groups is 1. The second kappa shape index (κ2) is 10.7. The molecule has 1 saturated carbocycles. The van der Waals surface area contributed by atoms with Gasteiger partial charge in [-0.25, -0.2) is 9.78 Å². The standard InChI is InChI=1S/C24H31F3N6O2/c1-32(2)15-16-5-8-20(18(13-16)17-6-7-17)30-22-29-14-19(24(25,26)27)21(31-22)28-9-3-10-33-11-4-12-35-23(33)34/h5,8,13-14,17H,3-4,6-7,9-12,15H2,1-2H3,(H2,28,29,30,31). The molecule has 2 heterocycles. The minimum Gasteiger partial charge on any atom is -0.449 e. The van der Waals surface area contributed by atoms with E-state index in [1.165, 1.54) is 5.56 Å². The van der Waals surface area contributed by atoms with Crippen molar-refractivity contribution in [2.75, 3.05) is 51.0 Å². The van der Waals surface area contributed by atoms with Crippen LogP contribution in [0.3, 0.4) is 0 Å². The third-order valence-corrected chi connectivity index (χ3v) is 5.93. The Balaban J connectivity index is 1.47. The summed E-state index contributed by atoms with van der Waals surface area (Å²) < 4.78 is 45.7. The molecule has 0 bridgehead atoms. The molecule has 11 heteroatoms. The van der Waals surface area contributed by atoms with E-state index in [1.807, 2.05) is 26.2 Å². The topological polar surface area (TPSA) is 82.6 Å². The van der Waals surface area contributed by atoms with E-state index >= 15 is 0 Å².